The molecule has 1 aromatic heterocycles. The van der Waals surface area contributed by atoms with Crippen LogP contribution in [0.3, 0.4) is 0 Å². The van der Waals surface area contributed by atoms with Gasteiger partial charge >= 0.3 is 5.69 Å². The molecule has 0 aliphatic rings. The first-order valence-electron chi connectivity index (χ1n) is 7.96. The Balaban J connectivity index is 2.21. The van der Waals surface area contributed by atoms with Crippen LogP contribution in [-0.4, -0.2) is 22.2 Å². The summed E-state index contributed by atoms with van der Waals surface area (Å²) in [6.45, 7) is 0.0314. The number of nitrogens with zero attached hydrogens (tertiary/aromatic N) is 2. The molecule has 0 fully saturated rings. The highest BCUT2D eigenvalue weighted by Crippen LogP contribution is 2.14. The van der Waals surface area contributed by atoms with E-state index in [-0.39, 0.29) is 17.8 Å². The third-order valence-corrected chi connectivity index (χ3v) is 4.00. The Morgan fingerprint density at radius 1 is 1.15 bits per heavy atom. The van der Waals surface area contributed by atoms with Crippen molar-refractivity contribution in [2.75, 3.05) is 7.11 Å². The Morgan fingerprint density at radius 3 is 2.48 bits per heavy atom. The maximum atomic E-state index is 13.1. The topological polar surface area (TPSA) is 96.3 Å². The molecule has 0 unspecified atom stereocenters. The van der Waals surface area contributed by atoms with Crippen LogP contribution in [0.15, 0.2) is 64.3 Å². The fourth-order valence-electron chi connectivity index (χ4n) is 2.65. The molecule has 27 heavy (non-hydrogen) atoms. The second kappa shape index (κ2) is 7.28. The van der Waals surface area contributed by atoms with Crippen molar-refractivity contribution >= 4 is 5.91 Å². The number of methoxy groups -OCH3 is 1. The van der Waals surface area contributed by atoms with Crippen molar-refractivity contribution in [1.29, 1.82) is 0 Å². The minimum absolute atomic E-state index is 0.0314. The van der Waals surface area contributed by atoms with Crippen LogP contribution in [0, 0.1) is 5.82 Å². The van der Waals surface area contributed by atoms with E-state index in [1.54, 1.807) is 18.2 Å². The number of carbonyl (C=O) groups excluding carboxylic acids is 1. The molecule has 0 saturated carbocycles. The van der Waals surface area contributed by atoms with Gasteiger partial charge in [0.15, 0.2) is 0 Å². The average Bonchev–Trinajstić information content (AvgIpc) is 2.65. The van der Waals surface area contributed by atoms with E-state index in [0.29, 0.717) is 11.3 Å². The van der Waals surface area contributed by atoms with E-state index in [9.17, 15) is 18.8 Å². The number of nitrogens with two attached hydrogens (primary N) is 1. The molecule has 0 saturated heterocycles. The summed E-state index contributed by atoms with van der Waals surface area (Å²) in [4.78, 5) is 37.2. The lowest BCUT2D eigenvalue weighted by molar-refractivity contribution is 0.0997. The summed E-state index contributed by atoms with van der Waals surface area (Å²) in [5.41, 5.74) is 4.34. The number of primary amides is 1. The quantitative estimate of drug-likeness (QED) is 0.733. The summed E-state index contributed by atoms with van der Waals surface area (Å²) >= 11 is 0. The Morgan fingerprint density at radius 2 is 1.85 bits per heavy atom. The minimum Gasteiger partial charge on any atom is -0.497 e. The van der Waals surface area contributed by atoms with Crippen LogP contribution in [0.25, 0.3) is 5.69 Å². The molecule has 2 N–H and O–H groups in total. The van der Waals surface area contributed by atoms with Crippen LogP contribution in [0.1, 0.15) is 15.9 Å². The first-order valence-corrected chi connectivity index (χ1v) is 7.96. The molecular formula is C19H16FN3O4. The normalized spacial score (nSPS) is 10.6. The van der Waals surface area contributed by atoms with E-state index in [0.717, 1.165) is 10.8 Å². The molecule has 1 amide bonds. The van der Waals surface area contributed by atoms with Crippen LogP contribution in [-0.2, 0) is 6.54 Å². The van der Waals surface area contributed by atoms with Gasteiger partial charge in [-0.2, -0.15) is 0 Å². The third-order valence-electron chi connectivity index (χ3n) is 4.00. The van der Waals surface area contributed by atoms with Crippen molar-refractivity contribution in [3.63, 3.8) is 0 Å². The smallest absolute Gasteiger partial charge is 0.335 e. The highest BCUT2D eigenvalue weighted by atomic mass is 19.1. The van der Waals surface area contributed by atoms with Crippen molar-refractivity contribution < 1.29 is 13.9 Å². The molecule has 0 atom stereocenters. The number of amides is 1. The molecule has 0 aliphatic heterocycles. The van der Waals surface area contributed by atoms with Crippen molar-refractivity contribution in [2.45, 2.75) is 6.54 Å². The summed E-state index contributed by atoms with van der Waals surface area (Å²) in [7, 11) is 1.45. The second-order valence-corrected chi connectivity index (χ2v) is 5.79. The van der Waals surface area contributed by atoms with Crippen molar-refractivity contribution in [3.05, 3.63) is 92.5 Å². The van der Waals surface area contributed by atoms with E-state index < -0.39 is 23.0 Å². The largest absolute Gasteiger partial charge is 0.497 e. The van der Waals surface area contributed by atoms with Crippen LogP contribution >= 0.6 is 0 Å². The molecular weight excluding hydrogens is 353 g/mol. The molecule has 1 heterocycles. The van der Waals surface area contributed by atoms with Gasteiger partial charge in [0.2, 0.25) is 0 Å². The first-order chi connectivity index (χ1) is 12.9. The molecule has 138 valence electrons. The molecule has 8 heteroatoms. The number of ether oxygens (including phenoxy) is 1. The Labute approximate surface area is 153 Å². The molecule has 0 aliphatic carbocycles. The summed E-state index contributed by atoms with van der Waals surface area (Å²) in [6, 6.07) is 11.8. The highest BCUT2D eigenvalue weighted by molar-refractivity contribution is 5.92. The molecule has 2 aromatic carbocycles. The lowest BCUT2D eigenvalue weighted by Crippen LogP contribution is -2.42. The van der Waals surface area contributed by atoms with E-state index in [2.05, 4.69) is 0 Å². The van der Waals surface area contributed by atoms with Crippen molar-refractivity contribution in [2.24, 2.45) is 5.73 Å². The van der Waals surface area contributed by atoms with Gasteiger partial charge < -0.3 is 10.5 Å². The number of halogens is 1. The fourth-order valence-corrected chi connectivity index (χ4v) is 2.65. The zero-order chi connectivity index (χ0) is 19.6. The van der Waals surface area contributed by atoms with Gasteiger partial charge in [-0.15, -0.1) is 0 Å². The lowest BCUT2D eigenvalue weighted by Gasteiger charge is -2.13. The molecule has 3 rings (SSSR count). The van der Waals surface area contributed by atoms with Gasteiger partial charge in [0.1, 0.15) is 17.1 Å². The fraction of sp³-hybridized carbons (Fsp3) is 0.105. The van der Waals surface area contributed by atoms with E-state index >= 15 is 0 Å². The van der Waals surface area contributed by atoms with Crippen LogP contribution in [0.2, 0.25) is 0 Å². The zero-order valence-corrected chi connectivity index (χ0v) is 14.4. The lowest BCUT2D eigenvalue weighted by atomic mass is 10.2. The van der Waals surface area contributed by atoms with Crippen LogP contribution < -0.4 is 21.7 Å². The summed E-state index contributed by atoms with van der Waals surface area (Å²) in [5.74, 6) is -0.928. The summed E-state index contributed by atoms with van der Waals surface area (Å²) in [6.07, 6.45) is 1.12. The Bertz CT molecular complexity index is 1120. The third kappa shape index (κ3) is 3.64. The number of carbonyl (C=O) groups is 1. The van der Waals surface area contributed by atoms with E-state index in [4.69, 9.17) is 10.5 Å². The summed E-state index contributed by atoms with van der Waals surface area (Å²) in [5, 5.41) is 0. The van der Waals surface area contributed by atoms with Gasteiger partial charge in [-0.3, -0.25) is 14.2 Å². The number of hydrogen-bond donors (Lipinski definition) is 1. The highest BCUT2D eigenvalue weighted by Gasteiger charge is 2.17. The van der Waals surface area contributed by atoms with Gasteiger partial charge in [0.25, 0.3) is 11.5 Å². The maximum absolute atomic E-state index is 13.1. The van der Waals surface area contributed by atoms with Crippen LogP contribution in [0.4, 0.5) is 4.39 Å². The zero-order valence-electron chi connectivity index (χ0n) is 14.4. The summed E-state index contributed by atoms with van der Waals surface area (Å²) < 4.78 is 20.2. The molecule has 3 aromatic rings. The molecule has 0 bridgehead atoms. The van der Waals surface area contributed by atoms with Gasteiger partial charge in [0.05, 0.1) is 19.3 Å². The van der Waals surface area contributed by atoms with E-state index in [1.807, 2.05) is 0 Å². The Kier molecular flexibility index (Phi) is 4.89. The van der Waals surface area contributed by atoms with Crippen molar-refractivity contribution in [3.8, 4) is 11.4 Å². The second-order valence-electron chi connectivity index (χ2n) is 5.79. The average molecular weight is 369 g/mol. The van der Waals surface area contributed by atoms with Gasteiger partial charge in [-0.05, 0) is 29.8 Å². The number of rotatable bonds is 5. The molecule has 0 spiro atoms. The monoisotopic (exact) mass is 369 g/mol. The SMILES string of the molecule is COc1cccc(-n2c(=O)c(C(N)=O)cn(Cc3ccc(F)cc3)c2=O)c1. The van der Waals surface area contributed by atoms with Gasteiger partial charge in [0, 0.05) is 12.3 Å². The van der Waals surface area contributed by atoms with Crippen LogP contribution in [0.5, 0.6) is 5.75 Å². The Hall–Kier alpha value is -3.68. The van der Waals surface area contributed by atoms with Gasteiger partial charge in [-0.25, -0.2) is 13.8 Å². The predicted octanol–water partition coefficient (Wildman–Crippen LogP) is 1.29. The first kappa shape index (κ1) is 18.1. The number of aromatic nitrogens is 2. The van der Waals surface area contributed by atoms with Gasteiger partial charge in [-0.1, -0.05) is 18.2 Å². The predicted molar refractivity (Wildman–Crippen MR) is 96.9 cm³/mol. The minimum atomic E-state index is -0.954. The number of hydrogen-bond acceptors (Lipinski definition) is 4. The van der Waals surface area contributed by atoms with Crippen molar-refractivity contribution in [1.82, 2.24) is 9.13 Å². The standard InChI is InChI=1S/C19H16FN3O4/c1-27-15-4-2-3-14(9-15)23-18(25)16(17(21)24)11-22(19(23)26)10-12-5-7-13(20)8-6-12/h2-9,11H,10H2,1H3,(H2,21,24). The molecule has 0 radical (unpaired) electrons. The number of benzene rings is 2. The van der Waals surface area contributed by atoms with E-state index in [1.165, 1.54) is 42.0 Å². The maximum Gasteiger partial charge on any atom is 0.335 e. The molecule has 7 nitrogen and oxygen atoms in total.